The van der Waals surface area contributed by atoms with Gasteiger partial charge in [0.25, 0.3) is 0 Å². The van der Waals surface area contributed by atoms with E-state index in [9.17, 15) is 0 Å². The van der Waals surface area contributed by atoms with Crippen molar-refractivity contribution in [2.45, 2.75) is 20.0 Å². The van der Waals surface area contributed by atoms with Crippen molar-refractivity contribution in [3.05, 3.63) is 30.6 Å². The van der Waals surface area contributed by atoms with E-state index >= 15 is 0 Å². The smallest absolute Gasteiger partial charge is 0.204 e. The van der Waals surface area contributed by atoms with Crippen molar-refractivity contribution >= 4 is 17.3 Å². The fourth-order valence-electron chi connectivity index (χ4n) is 1.70. The van der Waals surface area contributed by atoms with E-state index in [1.807, 2.05) is 38.1 Å². The summed E-state index contributed by atoms with van der Waals surface area (Å²) in [6, 6.07) is 7.57. The Kier molecular flexibility index (Phi) is 4.24. The summed E-state index contributed by atoms with van der Waals surface area (Å²) in [5.41, 5.74) is 6.59. The first-order valence-electron chi connectivity index (χ1n) is 6.28. The van der Waals surface area contributed by atoms with Gasteiger partial charge in [0, 0.05) is 5.69 Å². The number of methoxy groups -OCH3 is 1. The molecule has 0 saturated heterocycles. The Morgan fingerprint density at radius 3 is 2.45 bits per heavy atom. The summed E-state index contributed by atoms with van der Waals surface area (Å²) >= 11 is 0. The van der Waals surface area contributed by atoms with Crippen molar-refractivity contribution < 1.29 is 9.47 Å². The van der Waals surface area contributed by atoms with Gasteiger partial charge in [0.15, 0.2) is 11.6 Å². The zero-order chi connectivity index (χ0) is 14.5. The maximum atomic E-state index is 5.73. The largest absolute Gasteiger partial charge is 0.491 e. The number of anilines is 3. The molecule has 1 aromatic carbocycles. The molecule has 0 aliphatic heterocycles. The van der Waals surface area contributed by atoms with Crippen LogP contribution in [0.15, 0.2) is 30.6 Å². The second kappa shape index (κ2) is 6.10. The molecule has 6 heteroatoms. The summed E-state index contributed by atoms with van der Waals surface area (Å²) in [5.74, 6) is 2.07. The van der Waals surface area contributed by atoms with E-state index in [2.05, 4.69) is 15.3 Å². The normalized spacial score (nSPS) is 10.4. The number of hydrogen-bond donors (Lipinski definition) is 2. The van der Waals surface area contributed by atoms with Gasteiger partial charge in [-0.3, -0.25) is 0 Å². The maximum absolute atomic E-state index is 5.73. The number of hydrogen-bond acceptors (Lipinski definition) is 6. The minimum Gasteiger partial charge on any atom is -0.491 e. The molecule has 0 amide bonds. The second-order valence-corrected chi connectivity index (χ2v) is 4.46. The molecule has 6 nitrogen and oxygen atoms in total. The van der Waals surface area contributed by atoms with E-state index in [0.29, 0.717) is 17.4 Å². The lowest BCUT2D eigenvalue weighted by Gasteiger charge is -2.12. The average molecular weight is 274 g/mol. The molecule has 0 radical (unpaired) electrons. The minimum atomic E-state index is 0.149. The number of nitrogen functional groups attached to an aromatic ring is 1. The fourth-order valence-corrected chi connectivity index (χ4v) is 1.70. The number of nitrogens with zero attached hydrogens (tertiary/aromatic N) is 2. The summed E-state index contributed by atoms with van der Waals surface area (Å²) in [7, 11) is 1.53. The van der Waals surface area contributed by atoms with Crippen LogP contribution in [0.25, 0.3) is 0 Å². The van der Waals surface area contributed by atoms with Crippen LogP contribution in [0.5, 0.6) is 11.5 Å². The predicted molar refractivity (Wildman–Crippen MR) is 78.5 cm³/mol. The van der Waals surface area contributed by atoms with Gasteiger partial charge in [0.05, 0.1) is 13.2 Å². The molecule has 3 N–H and O–H groups in total. The van der Waals surface area contributed by atoms with Gasteiger partial charge in [0.1, 0.15) is 12.1 Å². The van der Waals surface area contributed by atoms with E-state index in [1.54, 1.807) is 0 Å². The average Bonchev–Trinajstić information content (AvgIpc) is 2.41. The molecular formula is C14H18N4O2. The summed E-state index contributed by atoms with van der Waals surface area (Å²) in [6.45, 7) is 3.97. The highest BCUT2D eigenvalue weighted by molar-refractivity contribution is 5.68. The zero-order valence-electron chi connectivity index (χ0n) is 11.8. The second-order valence-electron chi connectivity index (χ2n) is 4.46. The summed E-state index contributed by atoms with van der Waals surface area (Å²) < 4.78 is 10.8. The first-order valence-corrected chi connectivity index (χ1v) is 6.28. The van der Waals surface area contributed by atoms with E-state index in [0.717, 1.165) is 11.4 Å². The third-order valence-electron chi connectivity index (χ3n) is 2.52. The van der Waals surface area contributed by atoms with Crippen LogP contribution in [-0.4, -0.2) is 23.2 Å². The van der Waals surface area contributed by atoms with Crippen LogP contribution in [0.2, 0.25) is 0 Å². The van der Waals surface area contributed by atoms with Crippen molar-refractivity contribution in [1.29, 1.82) is 0 Å². The maximum Gasteiger partial charge on any atom is 0.204 e. The number of aromatic nitrogens is 2. The number of nitrogens with two attached hydrogens (primary N) is 1. The van der Waals surface area contributed by atoms with Gasteiger partial charge >= 0.3 is 0 Å². The van der Waals surface area contributed by atoms with E-state index < -0.39 is 0 Å². The Hall–Kier alpha value is -2.50. The molecule has 1 aromatic heterocycles. The van der Waals surface area contributed by atoms with Crippen molar-refractivity contribution in [3.63, 3.8) is 0 Å². The molecule has 0 aliphatic carbocycles. The van der Waals surface area contributed by atoms with Crippen molar-refractivity contribution in [1.82, 2.24) is 9.97 Å². The first-order chi connectivity index (χ1) is 9.60. The lowest BCUT2D eigenvalue weighted by molar-refractivity contribution is 0.242. The molecule has 0 unspecified atom stereocenters. The van der Waals surface area contributed by atoms with Gasteiger partial charge in [0.2, 0.25) is 5.75 Å². The Bertz CT molecular complexity index is 570. The Balaban J connectivity index is 2.16. The van der Waals surface area contributed by atoms with E-state index in [1.165, 1.54) is 13.4 Å². The topological polar surface area (TPSA) is 82.3 Å². The van der Waals surface area contributed by atoms with Crippen LogP contribution in [-0.2, 0) is 0 Å². The lowest BCUT2D eigenvalue weighted by atomic mass is 10.3. The van der Waals surface area contributed by atoms with Crippen LogP contribution in [0, 0.1) is 0 Å². The van der Waals surface area contributed by atoms with Crippen LogP contribution < -0.4 is 20.5 Å². The number of ether oxygens (including phenoxy) is 2. The van der Waals surface area contributed by atoms with Crippen LogP contribution >= 0.6 is 0 Å². The standard InChI is InChI=1S/C14H18N4O2/c1-9(2)20-11-6-4-10(5-7-11)18-14-12(19-3)13(15)16-8-17-14/h4-9H,1-3H3,(H3,15,16,17,18). The van der Waals surface area contributed by atoms with Gasteiger partial charge < -0.3 is 20.5 Å². The summed E-state index contributed by atoms with van der Waals surface area (Å²) in [4.78, 5) is 8.00. The Morgan fingerprint density at radius 2 is 1.85 bits per heavy atom. The number of benzene rings is 1. The monoisotopic (exact) mass is 274 g/mol. The van der Waals surface area contributed by atoms with Crippen LogP contribution in [0.4, 0.5) is 17.3 Å². The molecule has 0 fully saturated rings. The molecule has 0 atom stereocenters. The molecule has 2 aromatic rings. The highest BCUT2D eigenvalue weighted by atomic mass is 16.5. The van der Waals surface area contributed by atoms with Gasteiger partial charge in [-0.25, -0.2) is 9.97 Å². The summed E-state index contributed by atoms with van der Waals surface area (Å²) in [6.07, 6.45) is 1.53. The molecule has 0 bridgehead atoms. The summed E-state index contributed by atoms with van der Waals surface area (Å²) in [5, 5.41) is 3.13. The Labute approximate surface area is 118 Å². The van der Waals surface area contributed by atoms with Gasteiger partial charge in [-0.1, -0.05) is 0 Å². The van der Waals surface area contributed by atoms with Crippen molar-refractivity contribution in [2.75, 3.05) is 18.2 Å². The van der Waals surface area contributed by atoms with Gasteiger partial charge in [-0.05, 0) is 38.1 Å². The van der Waals surface area contributed by atoms with Gasteiger partial charge in [-0.2, -0.15) is 0 Å². The highest BCUT2D eigenvalue weighted by Crippen LogP contribution is 2.29. The highest BCUT2D eigenvalue weighted by Gasteiger charge is 2.09. The zero-order valence-corrected chi connectivity index (χ0v) is 11.8. The lowest BCUT2D eigenvalue weighted by Crippen LogP contribution is -2.05. The Morgan fingerprint density at radius 1 is 1.15 bits per heavy atom. The van der Waals surface area contributed by atoms with Crippen molar-refractivity contribution in [2.24, 2.45) is 0 Å². The number of rotatable bonds is 5. The van der Waals surface area contributed by atoms with Crippen LogP contribution in [0.3, 0.4) is 0 Å². The molecule has 106 valence electrons. The third-order valence-corrected chi connectivity index (χ3v) is 2.52. The van der Waals surface area contributed by atoms with E-state index in [4.69, 9.17) is 15.2 Å². The van der Waals surface area contributed by atoms with E-state index in [-0.39, 0.29) is 6.10 Å². The number of nitrogens with one attached hydrogen (secondary N) is 1. The molecule has 2 rings (SSSR count). The quantitative estimate of drug-likeness (QED) is 0.872. The molecular weight excluding hydrogens is 256 g/mol. The molecule has 0 saturated carbocycles. The first kappa shape index (κ1) is 13.9. The molecule has 0 spiro atoms. The van der Waals surface area contributed by atoms with Gasteiger partial charge in [-0.15, -0.1) is 0 Å². The SMILES string of the molecule is COc1c(N)ncnc1Nc1ccc(OC(C)C)cc1. The molecule has 0 aliphatic rings. The molecule has 1 heterocycles. The minimum absolute atomic E-state index is 0.149. The molecule has 20 heavy (non-hydrogen) atoms. The van der Waals surface area contributed by atoms with Crippen LogP contribution in [0.1, 0.15) is 13.8 Å². The van der Waals surface area contributed by atoms with Crippen molar-refractivity contribution in [3.8, 4) is 11.5 Å². The predicted octanol–water partition coefficient (Wildman–Crippen LogP) is 2.60. The third kappa shape index (κ3) is 3.28. The fraction of sp³-hybridized carbons (Fsp3) is 0.286.